The van der Waals surface area contributed by atoms with Gasteiger partial charge in [-0.2, -0.15) is 0 Å². The average molecular weight is 718 g/mol. The lowest BCUT2D eigenvalue weighted by molar-refractivity contribution is 0.668. The molecule has 0 spiro atoms. The topological polar surface area (TPSA) is 65.0 Å². The molecule has 0 saturated carbocycles. The fourth-order valence-electron chi connectivity index (χ4n) is 7.88. The van der Waals surface area contributed by atoms with Crippen molar-refractivity contribution in [1.29, 1.82) is 0 Å². The van der Waals surface area contributed by atoms with Gasteiger partial charge in [0.25, 0.3) is 0 Å². The summed E-state index contributed by atoms with van der Waals surface area (Å²) >= 11 is 0. The highest BCUT2D eigenvalue weighted by atomic mass is 16.3. The standard InChI is InChI=1S/C51H31N3O2/c1-4-14-32(15-5-1)35-20-12-21-36(28-35)50-52-49(34-18-8-3-9-19-34)53-51(54-50)37-26-27-41-45(30-37)56-44-25-13-23-39(47(41)44)38-29-42(33-16-6-2-7-17-33)48-40-22-10-11-24-43(40)55-46(48)31-38/h1-31H. The van der Waals surface area contributed by atoms with Crippen LogP contribution >= 0.6 is 0 Å². The molecule has 0 aliphatic carbocycles. The molecule has 11 rings (SSSR count). The van der Waals surface area contributed by atoms with Crippen molar-refractivity contribution in [3.63, 3.8) is 0 Å². The SMILES string of the molecule is c1ccc(-c2cccc(-c3nc(-c4ccccc4)nc(-c4ccc5c(c4)oc4cccc(-c6cc(-c7ccccc7)c7c(c6)oc6ccccc67)c45)n3)c2)cc1. The Labute approximate surface area is 322 Å². The number of furan rings is 2. The Balaban J connectivity index is 1.07. The largest absolute Gasteiger partial charge is 0.456 e. The Hall–Kier alpha value is -7.63. The van der Waals surface area contributed by atoms with Crippen LogP contribution in [0.5, 0.6) is 0 Å². The lowest BCUT2D eigenvalue weighted by Crippen LogP contribution is -2.00. The molecule has 0 unspecified atom stereocenters. The molecule has 0 radical (unpaired) electrons. The normalized spacial score (nSPS) is 11.6. The van der Waals surface area contributed by atoms with Crippen molar-refractivity contribution < 1.29 is 8.83 Å². The molecule has 8 aromatic carbocycles. The zero-order chi connectivity index (χ0) is 37.0. The van der Waals surface area contributed by atoms with Crippen molar-refractivity contribution in [2.75, 3.05) is 0 Å². The first kappa shape index (κ1) is 31.9. The van der Waals surface area contributed by atoms with Gasteiger partial charge in [-0.25, -0.2) is 15.0 Å². The first-order valence-corrected chi connectivity index (χ1v) is 18.7. The highest BCUT2D eigenvalue weighted by Crippen LogP contribution is 2.43. The maximum atomic E-state index is 6.63. The number of aromatic nitrogens is 3. The lowest BCUT2D eigenvalue weighted by Gasteiger charge is -2.10. The average Bonchev–Trinajstić information content (AvgIpc) is 3.85. The van der Waals surface area contributed by atoms with E-state index in [-0.39, 0.29) is 0 Å². The van der Waals surface area contributed by atoms with E-state index >= 15 is 0 Å². The van der Waals surface area contributed by atoms with Crippen LogP contribution in [0.4, 0.5) is 0 Å². The van der Waals surface area contributed by atoms with Crippen molar-refractivity contribution in [1.82, 2.24) is 15.0 Å². The third-order valence-electron chi connectivity index (χ3n) is 10.5. The number of para-hydroxylation sites is 1. The molecule has 11 aromatic rings. The molecule has 0 amide bonds. The van der Waals surface area contributed by atoms with Gasteiger partial charge in [0.1, 0.15) is 22.3 Å². The molecule has 0 saturated heterocycles. The molecular weight excluding hydrogens is 687 g/mol. The third-order valence-corrected chi connectivity index (χ3v) is 10.5. The molecular formula is C51H31N3O2. The summed E-state index contributed by atoms with van der Waals surface area (Å²) in [6, 6.07) is 64.5. The number of fused-ring (bicyclic) bond motifs is 6. The van der Waals surface area contributed by atoms with Gasteiger partial charge in [-0.1, -0.05) is 146 Å². The van der Waals surface area contributed by atoms with Gasteiger partial charge in [-0.3, -0.25) is 0 Å². The van der Waals surface area contributed by atoms with Crippen LogP contribution in [0.25, 0.3) is 111 Å². The van der Waals surface area contributed by atoms with Crippen molar-refractivity contribution >= 4 is 43.9 Å². The van der Waals surface area contributed by atoms with E-state index in [9.17, 15) is 0 Å². The van der Waals surface area contributed by atoms with Crippen LogP contribution in [0.3, 0.4) is 0 Å². The first-order valence-electron chi connectivity index (χ1n) is 18.7. The second-order valence-electron chi connectivity index (χ2n) is 14.0. The summed E-state index contributed by atoms with van der Waals surface area (Å²) in [4.78, 5) is 15.1. The van der Waals surface area contributed by atoms with Crippen LogP contribution in [-0.4, -0.2) is 15.0 Å². The van der Waals surface area contributed by atoms with E-state index in [0.29, 0.717) is 17.5 Å². The second-order valence-corrected chi connectivity index (χ2v) is 14.0. The van der Waals surface area contributed by atoms with Crippen molar-refractivity contribution in [2.45, 2.75) is 0 Å². The molecule has 3 heterocycles. The Bertz CT molecular complexity index is 3240. The van der Waals surface area contributed by atoms with E-state index < -0.39 is 0 Å². The van der Waals surface area contributed by atoms with E-state index in [1.54, 1.807) is 0 Å². The van der Waals surface area contributed by atoms with E-state index in [1.165, 1.54) is 0 Å². The molecule has 3 aromatic heterocycles. The molecule has 0 fully saturated rings. The van der Waals surface area contributed by atoms with Gasteiger partial charge in [0, 0.05) is 38.2 Å². The van der Waals surface area contributed by atoms with Crippen LogP contribution in [0, 0.1) is 0 Å². The Morgan fingerprint density at radius 2 is 0.786 bits per heavy atom. The Morgan fingerprint density at radius 1 is 0.268 bits per heavy atom. The van der Waals surface area contributed by atoms with E-state index in [0.717, 1.165) is 93.9 Å². The maximum Gasteiger partial charge on any atom is 0.164 e. The summed E-state index contributed by atoms with van der Waals surface area (Å²) in [6.07, 6.45) is 0. The lowest BCUT2D eigenvalue weighted by atomic mass is 9.92. The molecule has 5 nitrogen and oxygen atoms in total. The highest BCUT2D eigenvalue weighted by Gasteiger charge is 2.20. The van der Waals surface area contributed by atoms with E-state index in [1.807, 2.05) is 66.7 Å². The quantitative estimate of drug-likeness (QED) is 0.171. The number of hydrogen-bond donors (Lipinski definition) is 0. The molecule has 0 N–H and O–H groups in total. The zero-order valence-electron chi connectivity index (χ0n) is 30.1. The molecule has 262 valence electrons. The molecule has 0 atom stereocenters. The number of rotatable bonds is 6. The van der Waals surface area contributed by atoms with Crippen LogP contribution in [0.2, 0.25) is 0 Å². The maximum absolute atomic E-state index is 6.63. The molecule has 56 heavy (non-hydrogen) atoms. The smallest absolute Gasteiger partial charge is 0.164 e. The third kappa shape index (κ3) is 5.45. The minimum Gasteiger partial charge on any atom is -0.456 e. The molecule has 0 aliphatic rings. The predicted octanol–water partition coefficient (Wildman–Crippen LogP) is 13.7. The summed E-state index contributed by atoms with van der Waals surface area (Å²) < 4.78 is 13.1. The van der Waals surface area contributed by atoms with Crippen LogP contribution in [0.1, 0.15) is 0 Å². The highest BCUT2D eigenvalue weighted by molar-refractivity contribution is 6.17. The van der Waals surface area contributed by atoms with E-state index in [2.05, 4.69) is 121 Å². The van der Waals surface area contributed by atoms with Crippen molar-refractivity contribution in [3.05, 3.63) is 188 Å². The van der Waals surface area contributed by atoms with Gasteiger partial charge < -0.3 is 8.83 Å². The zero-order valence-corrected chi connectivity index (χ0v) is 30.1. The minimum atomic E-state index is 0.574. The summed E-state index contributed by atoms with van der Waals surface area (Å²) in [5.41, 5.74) is 12.6. The van der Waals surface area contributed by atoms with Crippen LogP contribution in [0.15, 0.2) is 197 Å². The molecule has 5 heteroatoms. The fourth-order valence-corrected chi connectivity index (χ4v) is 7.88. The van der Waals surface area contributed by atoms with Gasteiger partial charge in [0.2, 0.25) is 0 Å². The van der Waals surface area contributed by atoms with Gasteiger partial charge in [-0.15, -0.1) is 0 Å². The van der Waals surface area contributed by atoms with Crippen molar-refractivity contribution in [3.8, 4) is 67.5 Å². The minimum absolute atomic E-state index is 0.574. The van der Waals surface area contributed by atoms with Gasteiger partial charge in [0.05, 0.1) is 0 Å². The summed E-state index contributed by atoms with van der Waals surface area (Å²) in [7, 11) is 0. The van der Waals surface area contributed by atoms with Crippen LogP contribution in [-0.2, 0) is 0 Å². The van der Waals surface area contributed by atoms with E-state index in [4.69, 9.17) is 23.8 Å². The van der Waals surface area contributed by atoms with Gasteiger partial charge in [0.15, 0.2) is 17.5 Å². The Kier molecular flexibility index (Phi) is 7.42. The van der Waals surface area contributed by atoms with Crippen molar-refractivity contribution in [2.24, 2.45) is 0 Å². The summed E-state index contributed by atoms with van der Waals surface area (Å²) in [6.45, 7) is 0. The monoisotopic (exact) mass is 717 g/mol. The second kappa shape index (κ2) is 13.0. The summed E-state index contributed by atoms with van der Waals surface area (Å²) in [5, 5.41) is 4.28. The van der Waals surface area contributed by atoms with Gasteiger partial charge in [-0.05, 0) is 75.8 Å². The number of benzene rings is 8. The molecule has 0 aliphatic heterocycles. The Morgan fingerprint density at radius 3 is 1.55 bits per heavy atom. The first-order chi connectivity index (χ1) is 27.7. The number of nitrogens with zero attached hydrogens (tertiary/aromatic N) is 3. The summed E-state index contributed by atoms with van der Waals surface area (Å²) in [5.74, 6) is 1.79. The predicted molar refractivity (Wildman–Crippen MR) is 227 cm³/mol. The molecule has 0 bridgehead atoms. The van der Waals surface area contributed by atoms with Gasteiger partial charge >= 0.3 is 0 Å². The number of hydrogen-bond acceptors (Lipinski definition) is 5. The fraction of sp³-hybridized carbons (Fsp3) is 0. The van der Waals surface area contributed by atoms with Crippen LogP contribution < -0.4 is 0 Å².